The van der Waals surface area contributed by atoms with Crippen molar-refractivity contribution in [3.8, 4) is 33.8 Å². The SMILES string of the molecule is Cc1ccccc1C1=CC=CC2c3cccc(N(c4ccc(C5CCCCC5)cc4)c4cc(C5CCCC5)c5ccc6c7c(ccc4c57)C(C4CCCC4)CC=6N(c4ccc(C5CCCCC5)cc4)c4cccc(-c5cccc(-c6ccccc6C)c5)c4O)c3OC12. The van der Waals surface area contributed by atoms with E-state index in [1.165, 1.54) is 215 Å². The van der Waals surface area contributed by atoms with E-state index in [1.807, 2.05) is 0 Å². The summed E-state index contributed by atoms with van der Waals surface area (Å²) in [4.78, 5) is 5.15. The Balaban J connectivity index is 0.909. The molecule has 0 spiro atoms. The highest BCUT2D eigenvalue weighted by atomic mass is 16.5. The molecule has 4 nitrogen and oxygen atoms in total. The molecule has 1 heterocycles. The number of phenols is 1. The lowest BCUT2D eigenvalue weighted by Crippen LogP contribution is -2.30. The summed E-state index contributed by atoms with van der Waals surface area (Å²) >= 11 is 0. The molecule has 1 aliphatic heterocycles. The van der Waals surface area contributed by atoms with Crippen LogP contribution in [0.4, 0.5) is 28.4 Å². The number of fused-ring (bicyclic) bond motifs is 3. The summed E-state index contributed by atoms with van der Waals surface area (Å²) in [6.07, 6.45) is 30.5. The number of hydrogen-bond donors (Lipinski definition) is 1. The Morgan fingerprint density at radius 2 is 1.01 bits per heavy atom. The fourth-order valence-corrected chi connectivity index (χ4v) is 18.7. The molecule has 7 aliphatic rings. The van der Waals surface area contributed by atoms with Crippen LogP contribution in [0.15, 0.2) is 206 Å². The molecule has 4 heteroatoms. The van der Waals surface area contributed by atoms with Gasteiger partial charge in [-0.1, -0.05) is 222 Å². The number of benzene rings is 10. The molecular weight excluding hydrogens is 1120 g/mol. The summed E-state index contributed by atoms with van der Waals surface area (Å²) in [6.45, 7) is 4.42. The summed E-state index contributed by atoms with van der Waals surface area (Å²) in [5.41, 5.74) is 23.0. The van der Waals surface area contributed by atoms with Crippen molar-refractivity contribution in [2.45, 2.75) is 172 Å². The van der Waals surface area contributed by atoms with E-state index >= 15 is 0 Å². The monoisotopic (exact) mass is 1200 g/mol. The van der Waals surface area contributed by atoms with Crippen molar-refractivity contribution in [1.29, 1.82) is 0 Å². The fourth-order valence-electron chi connectivity index (χ4n) is 18.7. The molecule has 0 aromatic heterocycles. The predicted molar refractivity (Wildman–Crippen MR) is 385 cm³/mol. The zero-order valence-electron chi connectivity index (χ0n) is 53.9. The maximum Gasteiger partial charge on any atom is 0.148 e. The third kappa shape index (κ3) is 10.00. The van der Waals surface area contributed by atoms with E-state index in [9.17, 15) is 5.11 Å². The third-order valence-electron chi connectivity index (χ3n) is 23.4. The van der Waals surface area contributed by atoms with Crippen LogP contribution in [0.25, 0.3) is 55.1 Å². The maximum atomic E-state index is 13.4. The summed E-state index contributed by atoms with van der Waals surface area (Å²) in [7, 11) is 0. The molecule has 3 unspecified atom stereocenters. The highest BCUT2D eigenvalue weighted by Gasteiger charge is 2.41. The van der Waals surface area contributed by atoms with Crippen LogP contribution in [0, 0.1) is 19.8 Å². The smallest absolute Gasteiger partial charge is 0.148 e. The van der Waals surface area contributed by atoms with E-state index in [0.29, 0.717) is 35.3 Å². The fraction of sp³-hybridized carbons (Fsp3) is 0.318. The van der Waals surface area contributed by atoms with Crippen molar-refractivity contribution in [3.05, 3.63) is 256 Å². The number of hydrogen-bond acceptors (Lipinski definition) is 4. The Morgan fingerprint density at radius 1 is 0.435 bits per heavy atom. The Morgan fingerprint density at radius 3 is 1.71 bits per heavy atom. The van der Waals surface area contributed by atoms with Gasteiger partial charge >= 0.3 is 0 Å². The molecule has 0 radical (unpaired) electrons. The number of phenolic OH excluding ortho intramolecular Hbond substituents is 1. The molecular formula is C88H86N2O2. The van der Waals surface area contributed by atoms with Crippen LogP contribution in [0.2, 0.25) is 0 Å². The van der Waals surface area contributed by atoms with Gasteiger partial charge in [0.2, 0.25) is 0 Å². The molecule has 92 heavy (non-hydrogen) atoms. The number of para-hydroxylation sites is 2. The second-order valence-electron chi connectivity index (χ2n) is 28.6. The van der Waals surface area contributed by atoms with E-state index in [-0.39, 0.29) is 12.0 Å². The van der Waals surface area contributed by atoms with Crippen LogP contribution >= 0.6 is 0 Å². The summed E-state index contributed by atoms with van der Waals surface area (Å²) in [5.74, 6) is 3.85. The first kappa shape index (κ1) is 57.3. The van der Waals surface area contributed by atoms with Crippen LogP contribution in [0.3, 0.4) is 0 Å². The van der Waals surface area contributed by atoms with E-state index in [0.717, 1.165) is 45.9 Å². The number of anilines is 5. The van der Waals surface area contributed by atoms with Gasteiger partial charge in [0.25, 0.3) is 0 Å². The third-order valence-corrected chi connectivity index (χ3v) is 23.4. The van der Waals surface area contributed by atoms with E-state index in [2.05, 4.69) is 230 Å². The van der Waals surface area contributed by atoms with Crippen molar-refractivity contribution >= 4 is 61.3 Å². The first-order chi connectivity index (χ1) is 45.4. The van der Waals surface area contributed by atoms with Crippen LogP contribution in [-0.4, -0.2) is 11.2 Å². The molecule has 0 bridgehead atoms. The standard InChI is InChI=1S/C88H86N2O2/c1-56-21-9-15-33-68(56)64-31-17-32-65(53-64)70-35-19-39-80(86(70)91)89(66-45-41-60(42-46-66)58-23-5-3-6-24-58)82-54-78(62-27-11-12-28-62)71-50-52-77-83(55-79(63-29-13-14-30-63)72-49-51-76(82)84(71)85(72)77)90(67-47-43-61(44-48-67)59-25-7-4-8-26-59)81-40-20-38-75-74-37-18-36-73(87(74)92-88(75)81)69-34-16-10-22-57(69)2/h9-10,15-22,31-53,55,58-59,62-63,74,78,87,91H,3-8,11-14,23-30,54H2,1-2H3. The van der Waals surface area contributed by atoms with Gasteiger partial charge in [-0.05, 0) is 222 Å². The van der Waals surface area contributed by atoms with Gasteiger partial charge < -0.3 is 19.6 Å². The molecule has 0 saturated heterocycles. The largest absolute Gasteiger partial charge is 0.505 e. The molecule has 10 aromatic carbocycles. The average molecular weight is 1200 g/mol. The molecule has 3 atom stereocenters. The molecule has 460 valence electrons. The van der Waals surface area contributed by atoms with Crippen LogP contribution in [0.5, 0.6) is 11.5 Å². The number of ether oxygens (including phenoxy) is 1. The van der Waals surface area contributed by atoms with Gasteiger partial charge in [-0.25, -0.2) is 0 Å². The van der Waals surface area contributed by atoms with Gasteiger partial charge in [0, 0.05) is 50.3 Å². The number of nitrogens with zero attached hydrogens (tertiary/aromatic N) is 2. The van der Waals surface area contributed by atoms with Crippen molar-refractivity contribution in [2.75, 3.05) is 9.80 Å². The van der Waals surface area contributed by atoms with Crippen LogP contribution in [0.1, 0.15) is 196 Å². The normalized spacial score (nSPS) is 20.2. The predicted octanol–water partition coefficient (Wildman–Crippen LogP) is 23.7. The summed E-state index contributed by atoms with van der Waals surface area (Å²) < 4.78 is 7.60. The Hall–Kier alpha value is -8.60. The van der Waals surface area contributed by atoms with Crippen molar-refractivity contribution < 1.29 is 9.84 Å². The van der Waals surface area contributed by atoms with Crippen molar-refractivity contribution in [2.24, 2.45) is 5.92 Å². The number of allylic oxidation sites excluding steroid dienone is 2. The maximum absolute atomic E-state index is 13.4. The number of aromatic hydroxyl groups is 1. The molecule has 10 aromatic rings. The van der Waals surface area contributed by atoms with Gasteiger partial charge in [-0.2, -0.15) is 0 Å². The summed E-state index contributed by atoms with van der Waals surface area (Å²) in [6, 6.07) is 72.0. The Bertz CT molecular complexity index is 4560. The topological polar surface area (TPSA) is 35.9 Å². The van der Waals surface area contributed by atoms with Crippen LogP contribution in [-0.2, 0) is 0 Å². The van der Waals surface area contributed by atoms with Gasteiger partial charge in [-0.15, -0.1) is 0 Å². The Kier molecular flexibility index (Phi) is 15.0. The minimum atomic E-state index is -0.141. The highest BCUT2D eigenvalue weighted by molar-refractivity contribution is 6.19. The van der Waals surface area contributed by atoms with Gasteiger partial charge in [0.05, 0.1) is 17.1 Å². The molecule has 6 aliphatic carbocycles. The lowest BCUT2D eigenvalue weighted by Gasteiger charge is -2.38. The first-order valence-electron chi connectivity index (χ1n) is 35.5. The molecule has 4 fully saturated rings. The van der Waals surface area contributed by atoms with Gasteiger partial charge in [-0.3, -0.25) is 0 Å². The first-order valence-corrected chi connectivity index (χ1v) is 35.5. The minimum Gasteiger partial charge on any atom is -0.505 e. The van der Waals surface area contributed by atoms with Crippen LogP contribution < -0.4 is 19.8 Å². The zero-order chi connectivity index (χ0) is 61.4. The van der Waals surface area contributed by atoms with Crippen molar-refractivity contribution in [1.82, 2.24) is 0 Å². The van der Waals surface area contributed by atoms with E-state index < -0.39 is 0 Å². The minimum absolute atomic E-state index is 0.0879. The molecule has 1 N–H and O–H groups in total. The average Bonchev–Trinajstić information content (AvgIpc) is 0.850. The van der Waals surface area contributed by atoms with E-state index in [4.69, 9.17) is 4.74 Å². The highest BCUT2D eigenvalue weighted by Crippen LogP contribution is 2.57. The summed E-state index contributed by atoms with van der Waals surface area (Å²) in [5, 5.41) is 20.1. The van der Waals surface area contributed by atoms with Crippen molar-refractivity contribution in [3.63, 3.8) is 0 Å². The zero-order valence-corrected chi connectivity index (χ0v) is 53.9. The Labute approximate surface area is 545 Å². The van der Waals surface area contributed by atoms with Gasteiger partial charge in [0.1, 0.15) is 17.6 Å². The number of aryl methyl sites for hydroxylation is 2. The van der Waals surface area contributed by atoms with E-state index in [1.54, 1.807) is 0 Å². The molecule has 0 amide bonds. The lowest BCUT2D eigenvalue weighted by atomic mass is 9.74. The van der Waals surface area contributed by atoms with Gasteiger partial charge in [0.15, 0.2) is 0 Å². The quantitative estimate of drug-likeness (QED) is 0.125. The molecule has 17 rings (SSSR count). The number of rotatable bonds is 13. The molecule has 4 saturated carbocycles. The second kappa shape index (κ2) is 24.1. The second-order valence-corrected chi connectivity index (χ2v) is 28.6. The lowest BCUT2D eigenvalue weighted by molar-refractivity contribution is 0.279.